The number of amides is 1. The van der Waals surface area contributed by atoms with Crippen LogP contribution in [0, 0.1) is 0 Å². The largest absolute Gasteiger partial charge is 0.478 e. The van der Waals surface area contributed by atoms with Gasteiger partial charge in [-0.15, -0.1) is 11.3 Å². The number of carbonyl (C=O) groups is 2. The minimum atomic E-state index is -0.982. The van der Waals surface area contributed by atoms with Gasteiger partial charge in [0.2, 0.25) is 0 Å². The molecule has 2 N–H and O–H groups in total. The Hall–Kier alpha value is -1.56. The summed E-state index contributed by atoms with van der Waals surface area (Å²) >= 11 is 1.37. The van der Waals surface area contributed by atoms with Gasteiger partial charge in [0.1, 0.15) is 10.6 Å². The number of fused-ring (bicyclic) bond motifs is 1. The van der Waals surface area contributed by atoms with Gasteiger partial charge in [0.15, 0.2) is 0 Å². The predicted octanol–water partition coefficient (Wildman–Crippen LogP) is 4.62. The zero-order valence-electron chi connectivity index (χ0n) is 13.5. The Morgan fingerprint density at radius 2 is 2.09 bits per heavy atom. The molecule has 1 aromatic heterocycles. The zero-order chi connectivity index (χ0) is 16.5. The molecule has 0 radical (unpaired) electrons. The van der Waals surface area contributed by atoms with Crippen LogP contribution >= 0.6 is 11.3 Å². The van der Waals surface area contributed by atoms with Crippen molar-refractivity contribution in [3.8, 4) is 0 Å². The Kier molecular flexibility index (Phi) is 4.80. The van der Waals surface area contributed by atoms with E-state index < -0.39 is 17.7 Å². The van der Waals surface area contributed by atoms with E-state index in [4.69, 9.17) is 4.74 Å². The molecule has 0 saturated carbocycles. The summed E-state index contributed by atoms with van der Waals surface area (Å²) in [4.78, 5) is 24.7. The molecule has 22 heavy (non-hydrogen) atoms. The Labute approximate surface area is 134 Å². The van der Waals surface area contributed by atoms with Crippen LogP contribution in [-0.4, -0.2) is 22.8 Å². The van der Waals surface area contributed by atoms with E-state index in [0.717, 1.165) is 36.1 Å². The van der Waals surface area contributed by atoms with Gasteiger partial charge in [-0.1, -0.05) is 6.92 Å². The molecule has 1 aliphatic rings. The van der Waals surface area contributed by atoms with Gasteiger partial charge in [-0.25, -0.2) is 9.59 Å². The highest BCUT2D eigenvalue weighted by Gasteiger charge is 2.31. The summed E-state index contributed by atoms with van der Waals surface area (Å²) < 4.78 is 5.23. The molecule has 0 aliphatic heterocycles. The Morgan fingerprint density at radius 1 is 1.41 bits per heavy atom. The van der Waals surface area contributed by atoms with Crippen LogP contribution in [0.4, 0.5) is 9.80 Å². The van der Waals surface area contributed by atoms with Crippen LogP contribution in [0.5, 0.6) is 0 Å². The number of hydrogen-bond acceptors (Lipinski definition) is 4. The summed E-state index contributed by atoms with van der Waals surface area (Å²) in [5, 5.41) is 12.6. The fourth-order valence-corrected chi connectivity index (χ4v) is 4.17. The van der Waals surface area contributed by atoms with E-state index in [2.05, 4.69) is 12.2 Å². The van der Waals surface area contributed by atoms with Crippen molar-refractivity contribution in [2.24, 2.45) is 0 Å². The lowest BCUT2D eigenvalue weighted by Gasteiger charge is -2.22. The number of aromatic carboxylic acids is 1. The number of rotatable bonds is 3. The molecule has 0 saturated heterocycles. The first-order valence-corrected chi connectivity index (χ1v) is 8.43. The van der Waals surface area contributed by atoms with E-state index in [1.807, 2.05) is 0 Å². The van der Waals surface area contributed by atoms with E-state index in [1.165, 1.54) is 11.3 Å². The molecule has 0 spiro atoms. The quantitative estimate of drug-likeness (QED) is 0.850. The number of anilines is 1. The summed E-state index contributed by atoms with van der Waals surface area (Å²) in [7, 11) is 0. The monoisotopic (exact) mass is 325 g/mol. The highest BCUT2D eigenvalue weighted by Crippen LogP contribution is 2.44. The zero-order valence-corrected chi connectivity index (χ0v) is 14.3. The van der Waals surface area contributed by atoms with E-state index >= 15 is 0 Å². The molecule has 2 rings (SSSR count). The summed E-state index contributed by atoms with van der Waals surface area (Å²) in [6.07, 6.45) is 3.26. The second-order valence-electron chi connectivity index (χ2n) is 6.57. The maximum Gasteiger partial charge on any atom is 0.412 e. The van der Waals surface area contributed by atoms with Crippen molar-refractivity contribution in [1.29, 1.82) is 0 Å². The molecule has 5 nitrogen and oxygen atoms in total. The smallest absolute Gasteiger partial charge is 0.412 e. The van der Waals surface area contributed by atoms with Crippen molar-refractivity contribution in [3.63, 3.8) is 0 Å². The van der Waals surface area contributed by atoms with Crippen LogP contribution in [0.1, 0.15) is 73.7 Å². The van der Waals surface area contributed by atoms with Crippen LogP contribution < -0.4 is 5.32 Å². The summed E-state index contributed by atoms with van der Waals surface area (Å²) in [6.45, 7) is 7.40. The molecule has 6 heteroatoms. The molecule has 0 aromatic carbocycles. The van der Waals surface area contributed by atoms with Crippen LogP contribution in [0.3, 0.4) is 0 Å². The molecule has 1 atom stereocenters. The molecular formula is C16H23NO4S. The Morgan fingerprint density at radius 3 is 2.64 bits per heavy atom. The summed E-state index contributed by atoms with van der Waals surface area (Å²) in [5.74, 6) is -0.718. The molecule has 1 heterocycles. The van der Waals surface area contributed by atoms with Crippen LogP contribution in [0.2, 0.25) is 0 Å². The third-order valence-corrected chi connectivity index (χ3v) is 4.89. The topological polar surface area (TPSA) is 75.6 Å². The first-order chi connectivity index (χ1) is 10.2. The normalized spacial score (nSPS) is 17.7. The summed E-state index contributed by atoms with van der Waals surface area (Å²) in [6, 6.07) is 0. The van der Waals surface area contributed by atoms with E-state index in [9.17, 15) is 14.7 Å². The molecule has 1 amide bonds. The Balaban J connectivity index is 2.34. The van der Waals surface area contributed by atoms with Gasteiger partial charge in [-0.2, -0.15) is 0 Å². The van der Waals surface area contributed by atoms with Crippen molar-refractivity contribution in [1.82, 2.24) is 0 Å². The molecule has 1 unspecified atom stereocenters. The van der Waals surface area contributed by atoms with Crippen molar-refractivity contribution < 1.29 is 19.4 Å². The summed E-state index contributed by atoms with van der Waals surface area (Å²) in [5.41, 5.74) is 0.547. The number of carbonyl (C=O) groups excluding carboxylic acids is 1. The lowest BCUT2D eigenvalue weighted by atomic mass is 9.83. The maximum absolute atomic E-state index is 11.9. The highest BCUT2D eigenvalue weighted by molar-refractivity contribution is 7.17. The minimum Gasteiger partial charge on any atom is -0.478 e. The first-order valence-electron chi connectivity index (χ1n) is 7.61. The third kappa shape index (κ3) is 3.61. The lowest BCUT2D eigenvalue weighted by molar-refractivity contribution is 0.0636. The van der Waals surface area contributed by atoms with Crippen molar-refractivity contribution in [2.45, 2.75) is 64.9 Å². The fourth-order valence-electron chi connectivity index (χ4n) is 2.87. The second kappa shape index (κ2) is 6.28. The van der Waals surface area contributed by atoms with Gasteiger partial charge in [0.25, 0.3) is 0 Å². The predicted molar refractivity (Wildman–Crippen MR) is 87.1 cm³/mol. The van der Waals surface area contributed by atoms with Gasteiger partial charge >= 0.3 is 12.1 Å². The SMILES string of the molecule is CCC1CCCc2sc(NC(=O)OC(C)(C)C)c(C(=O)O)c21. The van der Waals surface area contributed by atoms with Crippen LogP contribution in [0.15, 0.2) is 0 Å². The van der Waals surface area contributed by atoms with E-state index in [-0.39, 0.29) is 11.5 Å². The molecule has 0 fully saturated rings. The van der Waals surface area contributed by atoms with Crippen LogP contribution in [-0.2, 0) is 11.2 Å². The van der Waals surface area contributed by atoms with Gasteiger partial charge in [-0.3, -0.25) is 5.32 Å². The van der Waals surface area contributed by atoms with Crippen molar-refractivity contribution in [2.75, 3.05) is 5.32 Å². The highest BCUT2D eigenvalue weighted by atomic mass is 32.1. The van der Waals surface area contributed by atoms with Gasteiger partial charge < -0.3 is 9.84 Å². The number of nitrogens with one attached hydrogen (secondary N) is 1. The minimum absolute atomic E-state index is 0.248. The van der Waals surface area contributed by atoms with E-state index in [0.29, 0.717) is 5.00 Å². The molecule has 0 bridgehead atoms. The van der Waals surface area contributed by atoms with Gasteiger partial charge in [0.05, 0.1) is 5.56 Å². The van der Waals surface area contributed by atoms with Crippen molar-refractivity contribution >= 4 is 28.4 Å². The number of hydrogen-bond donors (Lipinski definition) is 2. The molecule has 1 aliphatic carbocycles. The maximum atomic E-state index is 11.9. The third-order valence-electron chi connectivity index (χ3n) is 3.71. The first kappa shape index (κ1) is 16.8. The number of carboxylic acids is 1. The number of aryl methyl sites for hydroxylation is 1. The molecular weight excluding hydrogens is 302 g/mol. The molecule has 122 valence electrons. The van der Waals surface area contributed by atoms with Gasteiger partial charge in [0, 0.05) is 4.88 Å². The number of carboxylic acid groups (broad SMARTS) is 1. The average Bonchev–Trinajstić information content (AvgIpc) is 2.73. The van der Waals surface area contributed by atoms with E-state index in [1.54, 1.807) is 20.8 Å². The van der Waals surface area contributed by atoms with Crippen LogP contribution in [0.25, 0.3) is 0 Å². The Bertz CT molecular complexity index is 586. The standard InChI is InChI=1S/C16H23NO4S/c1-5-9-7-6-8-10-11(9)12(14(18)19)13(22-10)17-15(20)21-16(2,3)4/h9H,5-8H2,1-4H3,(H,17,20)(H,18,19). The average molecular weight is 325 g/mol. The second-order valence-corrected chi connectivity index (χ2v) is 7.68. The van der Waals surface area contributed by atoms with Gasteiger partial charge in [-0.05, 0) is 57.9 Å². The number of ether oxygens (including phenoxy) is 1. The molecule has 1 aromatic rings. The fraction of sp³-hybridized carbons (Fsp3) is 0.625. The number of thiophene rings is 1. The lowest BCUT2D eigenvalue weighted by Crippen LogP contribution is -2.27. The van der Waals surface area contributed by atoms with Crippen molar-refractivity contribution in [3.05, 3.63) is 16.0 Å².